The predicted molar refractivity (Wildman–Crippen MR) is 78.0 cm³/mol. The second kappa shape index (κ2) is 4.46. The average Bonchev–Trinajstić information content (AvgIpc) is 2.57. The number of thiocarbonyl (C=S) groups is 1. The van der Waals surface area contributed by atoms with Gasteiger partial charge >= 0.3 is 0 Å². The first-order valence-corrected chi connectivity index (χ1v) is 6.57. The van der Waals surface area contributed by atoms with Crippen LogP contribution in [0.25, 0.3) is 0 Å². The van der Waals surface area contributed by atoms with Crippen molar-refractivity contribution < 1.29 is 0 Å². The molecule has 0 atom stereocenters. The van der Waals surface area contributed by atoms with Crippen LogP contribution >= 0.6 is 23.8 Å². The molecule has 0 aliphatic carbocycles. The van der Waals surface area contributed by atoms with Gasteiger partial charge < -0.3 is 10.6 Å². The van der Waals surface area contributed by atoms with Crippen molar-refractivity contribution in [2.45, 2.75) is 32.2 Å². The highest BCUT2D eigenvalue weighted by atomic mass is 35.5. The summed E-state index contributed by atoms with van der Waals surface area (Å²) in [5, 5.41) is 0.637. The minimum atomic E-state index is 0.202. The third kappa shape index (κ3) is 2.40. The van der Waals surface area contributed by atoms with Crippen molar-refractivity contribution in [1.82, 2.24) is 0 Å². The second-order valence-electron chi connectivity index (χ2n) is 5.10. The van der Waals surface area contributed by atoms with Crippen LogP contribution in [0.1, 0.15) is 32.3 Å². The molecule has 1 aromatic carbocycles. The van der Waals surface area contributed by atoms with E-state index in [9.17, 15) is 0 Å². The highest BCUT2D eigenvalue weighted by Gasteiger charge is 2.32. The molecule has 1 aromatic rings. The number of benzene rings is 1. The summed E-state index contributed by atoms with van der Waals surface area (Å²) in [7, 11) is 0. The summed E-state index contributed by atoms with van der Waals surface area (Å²) < 4.78 is 0. The molecule has 1 heterocycles. The molecule has 1 fully saturated rings. The van der Waals surface area contributed by atoms with E-state index in [-0.39, 0.29) is 5.54 Å². The molecule has 1 aliphatic heterocycles. The van der Waals surface area contributed by atoms with Gasteiger partial charge in [0.15, 0.2) is 0 Å². The van der Waals surface area contributed by atoms with Crippen LogP contribution in [0, 0.1) is 0 Å². The Balaban J connectivity index is 2.35. The van der Waals surface area contributed by atoms with Crippen molar-refractivity contribution in [2.24, 2.45) is 5.73 Å². The van der Waals surface area contributed by atoms with Crippen LogP contribution in [-0.2, 0) is 0 Å². The van der Waals surface area contributed by atoms with E-state index in [1.165, 1.54) is 12.8 Å². The molecule has 0 bridgehead atoms. The Kier molecular flexibility index (Phi) is 3.32. The van der Waals surface area contributed by atoms with Crippen molar-refractivity contribution in [1.29, 1.82) is 0 Å². The SMILES string of the molecule is CC1(C)CCCN1c1ccc(C(N)=S)c(Cl)c1. The Bertz CT molecular complexity index is 457. The van der Waals surface area contributed by atoms with Gasteiger partial charge in [0.05, 0.1) is 5.02 Å². The molecule has 4 heteroatoms. The van der Waals surface area contributed by atoms with Gasteiger partial charge in [-0.3, -0.25) is 0 Å². The first-order valence-electron chi connectivity index (χ1n) is 5.79. The van der Waals surface area contributed by atoms with Gasteiger partial charge in [0, 0.05) is 23.3 Å². The van der Waals surface area contributed by atoms with Crippen LogP contribution in [0.4, 0.5) is 5.69 Å². The van der Waals surface area contributed by atoms with E-state index >= 15 is 0 Å². The molecule has 92 valence electrons. The molecule has 2 rings (SSSR count). The first kappa shape index (κ1) is 12.7. The number of nitrogens with zero attached hydrogens (tertiary/aromatic N) is 1. The summed E-state index contributed by atoms with van der Waals surface area (Å²) in [6.07, 6.45) is 2.43. The number of hydrogen-bond acceptors (Lipinski definition) is 2. The van der Waals surface area contributed by atoms with Gasteiger partial charge in [-0.2, -0.15) is 0 Å². The molecule has 1 saturated heterocycles. The van der Waals surface area contributed by atoms with Gasteiger partial charge in [0.2, 0.25) is 0 Å². The molecule has 0 radical (unpaired) electrons. The van der Waals surface area contributed by atoms with Crippen molar-refractivity contribution >= 4 is 34.5 Å². The molecule has 0 saturated carbocycles. The van der Waals surface area contributed by atoms with Crippen LogP contribution in [-0.4, -0.2) is 17.1 Å². The topological polar surface area (TPSA) is 29.3 Å². The lowest BCUT2D eigenvalue weighted by Crippen LogP contribution is -2.38. The standard InChI is InChI=1S/C13H17ClN2S/c1-13(2)6-3-7-16(13)9-4-5-10(12(15)17)11(14)8-9/h4-5,8H,3,6-7H2,1-2H3,(H2,15,17). The minimum Gasteiger partial charge on any atom is -0.389 e. The summed E-state index contributed by atoms with van der Waals surface area (Å²) in [4.78, 5) is 2.74. The zero-order chi connectivity index (χ0) is 12.6. The van der Waals surface area contributed by atoms with Gasteiger partial charge in [0.1, 0.15) is 4.99 Å². The van der Waals surface area contributed by atoms with Crippen molar-refractivity contribution in [3.8, 4) is 0 Å². The number of nitrogens with two attached hydrogens (primary N) is 1. The van der Waals surface area contributed by atoms with Crippen LogP contribution in [0.3, 0.4) is 0 Å². The van der Waals surface area contributed by atoms with Crippen molar-refractivity contribution in [2.75, 3.05) is 11.4 Å². The Morgan fingerprint density at radius 1 is 1.47 bits per heavy atom. The largest absolute Gasteiger partial charge is 0.389 e. The van der Waals surface area contributed by atoms with E-state index in [1.54, 1.807) is 0 Å². The fourth-order valence-corrected chi connectivity index (χ4v) is 2.97. The molecular formula is C13H17ClN2S. The summed E-state index contributed by atoms with van der Waals surface area (Å²) in [6.45, 7) is 5.60. The molecule has 17 heavy (non-hydrogen) atoms. The van der Waals surface area contributed by atoms with Crippen molar-refractivity contribution in [3.05, 3.63) is 28.8 Å². The predicted octanol–water partition coefficient (Wildman–Crippen LogP) is 3.35. The fraction of sp³-hybridized carbons (Fsp3) is 0.462. The summed E-state index contributed by atoms with van der Waals surface area (Å²) >= 11 is 11.2. The molecule has 0 amide bonds. The lowest BCUT2D eigenvalue weighted by molar-refractivity contribution is 0.518. The lowest BCUT2D eigenvalue weighted by atomic mass is 10.0. The fourth-order valence-electron chi connectivity index (χ4n) is 2.46. The average molecular weight is 269 g/mol. The molecule has 1 aliphatic rings. The van der Waals surface area contributed by atoms with Gasteiger partial charge in [0.25, 0.3) is 0 Å². The molecule has 0 unspecified atom stereocenters. The molecule has 0 spiro atoms. The van der Waals surface area contributed by atoms with Gasteiger partial charge in [-0.05, 0) is 44.9 Å². The van der Waals surface area contributed by atoms with Crippen LogP contribution < -0.4 is 10.6 Å². The smallest absolute Gasteiger partial charge is 0.105 e. The molecule has 2 N–H and O–H groups in total. The molecular weight excluding hydrogens is 252 g/mol. The van der Waals surface area contributed by atoms with Crippen molar-refractivity contribution in [3.63, 3.8) is 0 Å². The summed E-state index contributed by atoms with van der Waals surface area (Å²) in [5.74, 6) is 0. The van der Waals surface area contributed by atoms with E-state index in [4.69, 9.17) is 29.6 Å². The van der Waals surface area contributed by atoms with E-state index in [2.05, 4.69) is 18.7 Å². The highest BCUT2D eigenvalue weighted by Crippen LogP contribution is 2.35. The lowest BCUT2D eigenvalue weighted by Gasteiger charge is -2.34. The Hall–Kier alpha value is -0.800. The van der Waals surface area contributed by atoms with Gasteiger partial charge in [-0.1, -0.05) is 23.8 Å². The third-order valence-electron chi connectivity index (χ3n) is 3.43. The first-order chi connectivity index (χ1) is 7.92. The summed E-state index contributed by atoms with van der Waals surface area (Å²) in [6, 6.07) is 5.92. The number of halogens is 1. The quantitative estimate of drug-likeness (QED) is 0.834. The Morgan fingerprint density at radius 3 is 2.65 bits per heavy atom. The highest BCUT2D eigenvalue weighted by molar-refractivity contribution is 7.80. The van der Waals surface area contributed by atoms with Crippen LogP contribution in [0.2, 0.25) is 5.02 Å². The van der Waals surface area contributed by atoms with E-state index in [0.29, 0.717) is 10.0 Å². The maximum absolute atomic E-state index is 6.20. The maximum atomic E-state index is 6.20. The van der Waals surface area contributed by atoms with E-state index in [0.717, 1.165) is 17.8 Å². The minimum absolute atomic E-state index is 0.202. The number of hydrogen-bond donors (Lipinski definition) is 1. The van der Waals surface area contributed by atoms with E-state index < -0.39 is 0 Å². The number of anilines is 1. The maximum Gasteiger partial charge on any atom is 0.105 e. The van der Waals surface area contributed by atoms with Gasteiger partial charge in [-0.25, -0.2) is 0 Å². The molecule has 2 nitrogen and oxygen atoms in total. The zero-order valence-corrected chi connectivity index (χ0v) is 11.7. The summed E-state index contributed by atoms with van der Waals surface area (Å²) in [5.41, 5.74) is 7.71. The van der Waals surface area contributed by atoms with Crippen LogP contribution in [0.5, 0.6) is 0 Å². The monoisotopic (exact) mass is 268 g/mol. The Morgan fingerprint density at radius 2 is 2.18 bits per heavy atom. The Labute approximate surface area is 113 Å². The zero-order valence-electron chi connectivity index (χ0n) is 10.2. The molecule has 0 aromatic heterocycles. The third-order valence-corrected chi connectivity index (χ3v) is 3.96. The van der Waals surface area contributed by atoms with Crippen LogP contribution in [0.15, 0.2) is 18.2 Å². The van der Waals surface area contributed by atoms with Gasteiger partial charge in [-0.15, -0.1) is 0 Å². The normalized spacial score (nSPS) is 18.4. The van der Waals surface area contributed by atoms with E-state index in [1.807, 2.05) is 18.2 Å². The second-order valence-corrected chi connectivity index (χ2v) is 5.94. The number of rotatable bonds is 2.